The van der Waals surface area contributed by atoms with Crippen LogP contribution in [0.15, 0.2) is 69.7 Å². The predicted molar refractivity (Wildman–Crippen MR) is 112 cm³/mol. The van der Waals surface area contributed by atoms with Gasteiger partial charge in [-0.2, -0.15) is 5.26 Å². The average molecular weight is 457 g/mol. The van der Waals surface area contributed by atoms with E-state index < -0.39 is 11.2 Å². The molecule has 2 aromatic rings. The van der Waals surface area contributed by atoms with Crippen molar-refractivity contribution >= 4 is 45.3 Å². The normalized spacial score (nSPS) is 18.0. The second kappa shape index (κ2) is 9.09. The van der Waals surface area contributed by atoms with Crippen LogP contribution in [0.3, 0.4) is 0 Å². The maximum atomic E-state index is 13.2. The highest BCUT2D eigenvalue weighted by Gasteiger charge is 2.41. The number of amides is 1. The summed E-state index contributed by atoms with van der Waals surface area (Å²) in [6.45, 7) is 1.83. The molecule has 1 heterocycles. The van der Waals surface area contributed by atoms with Crippen molar-refractivity contribution in [1.29, 1.82) is 5.26 Å². The van der Waals surface area contributed by atoms with Crippen LogP contribution in [0.25, 0.3) is 0 Å². The Kier molecular flexibility index (Phi) is 6.55. The monoisotopic (exact) mass is 456 g/mol. The van der Waals surface area contributed by atoms with Crippen molar-refractivity contribution in [2.45, 2.75) is 18.6 Å². The van der Waals surface area contributed by atoms with E-state index in [9.17, 15) is 14.9 Å². The van der Waals surface area contributed by atoms with Gasteiger partial charge in [-0.15, -0.1) is 0 Å². The van der Waals surface area contributed by atoms with Gasteiger partial charge in [0.05, 0.1) is 11.9 Å². The van der Waals surface area contributed by atoms with Crippen molar-refractivity contribution in [3.8, 4) is 6.07 Å². The number of carbonyl (C=O) groups excluding carboxylic acids is 2. The van der Waals surface area contributed by atoms with Crippen LogP contribution in [-0.4, -0.2) is 23.7 Å². The molecule has 0 spiro atoms. The molecule has 7 heteroatoms. The first-order chi connectivity index (χ1) is 13.5. The standard InChI is InChI=1S/C21H17BrN2O3S/c1-2-27-21(26)17(13-23)20-24(16-10-8-15(22)9-11-16)19(25)18(28-20)12-14-6-4-3-5-7-14/h3-11,18H,2,12H2,1H3. The first-order valence-corrected chi connectivity index (χ1v) is 10.3. The molecule has 1 fully saturated rings. The summed E-state index contributed by atoms with van der Waals surface area (Å²) in [7, 11) is 0. The van der Waals surface area contributed by atoms with Gasteiger partial charge in [-0.3, -0.25) is 9.69 Å². The van der Waals surface area contributed by atoms with E-state index in [1.54, 1.807) is 19.1 Å². The molecule has 0 N–H and O–H groups in total. The van der Waals surface area contributed by atoms with Gasteiger partial charge in [0, 0.05) is 10.2 Å². The molecule has 1 saturated heterocycles. The van der Waals surface area contributed by atoms with Gasteiger partial charge in [-0.05, 0) is 43.2 Å². The van der Waals surface area contributed by atoms with Crippen LogP contribution in [0.2, 0.25) is 0 Å². The number of nitrogens with zero attached hydrogens (tertiary/aromatic N) is 2. The van der Waals surface area contributed by atoms with Crippen LogP contribution in [0.1, 0.15) is 12.5 Å². The number of nitriles is 1. The number of halogens is 1. The molecule has 1 amide bonds. The maximum absolute atomic E-state index is 13.2. The Morgan fingerprint density at radius 1 is 1.21 bits per heavy atom. The number of hydrogen-bond acceptors (Lipinski definition) is 5. The number of esters is 1. The molecule has 3 rings (SSSR count). The Morgan fingerprint density at radius 3 is 2.50 bits per heavy atom. The lowest BCUT2D eigenvalue weighted by Crippen LogP contribution is -2.30. The van der Waals surface area contributed by atoms with Gasteiger partial charge in [0.2, 0.25) is 5.91 Å². The van der Waals surface area contributed by atoms with Gasteiger partial charge in [0.1, 0.15) is 11.1 Å². The van der Waals surface area contributed by atoms with Gasteiger partial charge in [0.25, 0.3) is 0 Å². The highest BCUT2D eigenvalue weighted by molar-refractivity contribution is 9.10. The van der Waals surface area contributed by atoms with Crippen molar-refractivity contribution in [3.05, 3.63) is 75.2 Å². The summed E-state index contributed by atoms with van der Waals surface area (Å²) in [5.41, 5.74) is 1.46. The first-order valence-electron chi connectivity index (χ1n) is 8.66. The van der Waals surface area contributed by atoms with E-state index in [-0.39, 0.29) is 18.1 Å². The van der Waals surface area contributed by atoms with E-state index in [1.807, 2.05) is 48.5 Å². The number of carbonyl (C=O) groups is 2. The fourth-order valence-electron chi connectivity index (χ4n) is 2.83. The van der Waals surface area contributed by atoms with E-state index in [0.717, 1.165) is 10.0 Å². The number of anilines is 1. The molecule has 0 radical (unpaired) electrons. The summed E-state index contributed by atoms with van der Waals surface area (Å²) in [5, 5.41) is 9.47. The molecule has 1 atom stereocenters. The van der Waals surface area contributed by atoms with Crippen LogP contribution in [0.5, 0.6) is 0 Å². The van der Waals surface area contributed by atoms with Crippen molar-refractivity contribution in [1.82, 2.24) is 0 Å². The summed E-state index contributed by atoms with van der Waals surface area (Å²) in [5.74, 6) is -0.883. The van der Waals surface area contributed by atoms with E-state index in [0.29, 0.717) is 17.1 Å². The molecule has 28 heavy (non-hydrogen) atoms. The van der Waals surface area contributed by atoms with Gasteiger partial charge in [0.15, 0.2) is 5.57 Å². The molecule has 2 aromatic carbocycles. The van der Waals surface area contributed by atoms with Gasteiger partial charge in [-0.1, -0.05) is 58.0 Å². The Morgan fingerprint density at radius 2 is 1.89 bits per heavy atom. The molecule has 0 bridgehead atoms. The minimum atomic E-state index is -0.720. The highest BCUT2D eigenvalue weighted by atomic mass is 79.9. The molecular formula is C21H17BrN2O3S. The van der Waals surface area contributed by atoms with E-state index in [1.165, 1.54) is 16.7 Å². The topological polar surface area (TPSA) is 70.4 Å². The Bertz CT molecular complexity index is 952. The molecular weight excluding hydrogens is 440 g/mol. The number of thioether (sulfide) groups is 1. The van der Waals surface area contributed by atoms with Crippen LogP contribution in [0.4, 0.5) is 5.69 Å². The summed E-state index contributed by atoms with van der Waals surface area (Å²) in [6.07, 6.45) is 0.502. The lowest BCUT2D eigenvalue weighted by atomic mass is 10.1. The number of hydrogen-bond donors (Lipinski definition) is 0. The zero-order valence-corrected chi connectivity index (χ0v) is 17.5. The van der Waals surface area contributed by atoms with Crippen molar-refractivity contribution in [2.75, 3.05) is 11.5 Å². The second-order valence-corrected chi connectivity index (χ2v) is 8.07. The Labute approximate surface area is 176 Å². The third-order valence-electron chi connectivity index (χ3n) is 4.11. The largest absolute Gasteiger partial charge is 0.462 e. The van der Waals surface area contributed by atoms with Crippen LogP contribution in [0, 0.1) is 11.3 Å². The number of benzene rings is 2. The molecule has 0 aromatic heterocycles. The molecule has 142 valence electrons. The zero-order valence-electron chi connectivity index (χ0n) is 15.1. The lowest BCUT2D eigenvalue weighted by Gasteiger charge is -2.18. The number of rotatable bonds is 5. The molecule has 5 nitrogen and oxygen atoms in total. The quantitative estimate of drug-likeness (QED) is 0.377. The summed E-state index contributed by atoms with van der Waals surface area (Å²) < 4.78 is 5.89. The van der Waals surface area contributed by atoms with Crippen LogP contribution < -0.4 is 4.90 Å². The molecule has 1 unspecified atom stereocenters. The predicted octanol–water partition coefficient (Wildman–Crippen LogP) is 4.44. The van der Waals surface area contributed by atoms with Crippen molar-refractivity contribution < 1.29 is 14.3 Å². The first kappa shape index (κ1) is 20.2. The third-order valence-corrected chi connectivity index (χ3v) is 5.90. The van der Waals surface area contributed by atoms with Gasteiger partial charge in [-0.25, -0.2) is 4.79 Å². The highest BCUT2D eigenvalue weighted by Crippen LogP contribution is 2.42. The van der Waals surface area contributed by atoms with Crippen molar-refractivity contribution in [2.24, 2.45) is 0 Å². The Balaban J connectivity index is 2.03. The zero-order chi connectivity index (χ0) is 20.1. The second-order valence-electron chi connectivity index (χ2n) is 5.96. The summed E-state index contributed by atoms with van der Waals surface area (Å²) in [6, 6.07) is 18.8. The Hall–Kier alpha value is -2.56. The molecule has 1 aliphatic heterocycles. The SMILES string of the molecule is CCOC(=O)C(C#N)=C1SC(Cc2ccccc2)C(=O)N1c1ccc(Br)cc1. The smallest absolute Gasteiger partial charge is 0.351 e. The maximum Gasteiger partial charge on any atom is 0.351 e. The lowest BCUT2D eigenvalue weighted by molar-refractivity contribution is -0.138. The van der Waals surface area contributed by atoms with Crippen molar-refractivity contribution in [3.63, 3.8) is 0 Å². The number of ether oxygens (including phenoxy) is 1. The van der Waals surface area contributed by atoms with Gasteiger partial charge < -0.3 is 4.74 Å². The molecule has 0 saturated carbocycles. The van der Waals surface area contributed by atoms with E-state index >= 15 is 0 Å². The van der Waals surface area contributed by atoms with E-state index in [4.69, 9.17) is 4.74 Å². The van der Waals surface area contributed by atoms with Gasteiger partial charge >= 0.3 is 5.97 Å². The fourth-order valence-corrected chi connectivity index (χ4v) is 4.39. The third kappa shape index (κ3) is 4.29. The fraction of sp³-hybridized carbons (Fsp3) is 0.190. The average Bonchev–Trinajstić information content (AvgIpc) is 3.00. The molecule has 1 aliphatic rings. The minimum absolute atomic E-state index is 0.154. The molecule has 0 aliphatic carbocycles. The summed E-state index contributed by atoms with van der Waals surface area (Å²) in [4.78, 5) is 27.0. The minimum Gasteiger partial charge on any atom is -0.462 e. The van der Waals surface area contributed by atoms with E-state index in [2.05, 4.69) is 15.9 Å². The van der Waals surface area contributed by atoms with Crippen LogP contribution >= 0.6 is 27.7 Å². The summed E-state index contributed by atoms with van der Waals surface area (Å²) >= 11 is 4.61. The van der Waals surface area contributed by atoms with Crippen LogP contribution in [-0.2, 0) is 20.7 Å².